The van der Waals surface area contributed by atoms with Crippen LogP contribution in [0.2, 0.25) is 0 Å². The summed E-state index contributed by atoms with van der Waals surface area (Å²) in [6.07, 6.45) is 0. The lowest BCUT2D eigenvalue weighted by Gasteiger charge is -2.27. The summed E-state index contributed by atoms with van der Waals surface area (Å²) in [6.45, 7) is 0. The third kappa shape index (κ3) is 4.81. The Labute approximate surface area is 312 Å². The van der Waals surface area contributed by atoms with E-state index < -0.39 is 0 Å². The Morgan fingerprint density at radius 3 is 1.57 bits per heavy atom. The van der Waals surface area contributed by atoms with Crippen LogP contribution in [0.1, 0.15) is 0 Å². The number of nitrogens with zero attached hydrogens (tertiary/aromatic N) is 1. The Kier molecular flexibility index (Phi) is 6.90. The van der Waals surface area contributed by atoms with Crippen LogP contribution in [0.4, 0.5) is 17.1 Å². The van der Waals surface area contributed by atoms with E-state index in [1.165, 1.54) is 54.6 Å². The van der Waals surface area contributed by atoms with Gasteiger partial charge in [0.05, 0.1) is 11.1 Å². The van der Waals surface area contributed by atoms with Gasteiger partial charge >= 0.3 is 0 Å². The Hall–Kier alpha value is -7.16. The van der Waals surface area contributed by atoms with Crippen LogP contribution < -0.4 is 4.90 Å². The molecule has 0 aliphatic carbocycles. The maximum atomic E-state index is 6.67. The first kappa shape index (κ1) is 30.5. The molecule has 0 fully saturated rings. The monoisotopic (exact) mass is 687 g/mol. The van der Waals surface area contributed by atoms with E-state index in [1.807, 2.05) is 6.07 Å². The minimum Gasteiger partial charge on any atom is -0.455 e. The van der Waals surface area contributed by atoms with E-state index in [-0.39, 0.29) is 0 Å². The van der Waals surface area contributed by atoms with Crippen molar-refractivity contribution in [1.29, 1.82) is 0 Å². The number of para-hydroxylation sites is 1. The molecule has 1 aromatic heterocycles. The van der Waals surface area contributed by atoms with Gasteiger partial charge in [0.25, 0.3) is 0 Å². The van der Waals surface area contributed by atoms with Gasteiger partial charge in [-0.3, -0.25) is 0 Å². The van der Waals surface area contributed by atoms with Crippen molar-refractivity contribution < 1.29 is 4.42 Å². The van der Waals surface area contributed by atoms with Gasteiger partial charge in [-0.05, 0) is 102 Å². The zero-order chi connectivity index (χ0) is 35.6. The summed E-state index contributed by atoms with van der Waals surface area (Å²) < 4.78 is 6.67. The van der Waals surface area contributed by atoms with Crippen LogP contribution in [-0.2, 0) is 0 Å². The van der Waals surface area contributed by atoms with Crippen LogP contribution in [0.15, 0.2) is 205 Å². The van der Waals surface area contributed by atoms with Crippen molar-refractivity contribution in [2.45, 2.75) is 0 Å². The quantitative estimate of drug-likeness (QED) is 0.168. The molecule has 252 valence electrons. The van der Waals surface area contributed by atoms with Crippen molar-refractivity contribution in [1.82, 2.24) is 0 Å². The van der Waals surface area contributed by atoms with E-state index in [4.69, 9.17) is 4.42 Å². The highest BCUT2D eigenvalue weighted by molar-refractivity contribution is 6.22. The van der Waals surface area contributed by atoms with Crippen LogP contribution in [0.3, 0.4) is 0 Å². The number of rotatable bonds is 5. The van der Waals surface area contributed by atoms with Crippen molar-refractivity contribution in [3.05, 3.63) is 200 Å². The number of anilines is 3. The average molecular weight is 688 g/mol. The molecule has 1 heterocycles. The highest BCUT2D eigenvalue weighted by atomic mass is 16.3. The summed E-state index contributed by atoms with van der Waals surface area (Å²) >= 11 is 0. The average Bonchev–Trinajstić information content (AvgIpc) is 3.64. The normalized spacial score (nSPS) is 11.7. The number of hydrogen-bond acceptors (Lipinski definition) is 2. The molecule has 10 aromatic carbocycles. The molecular weight excluding hydrogens is 655 g/mol. The predicted molar refractivity (Wildman–Crippen MR) is 229 cm³/mol. The van der Waals surface area contributed by atoms with Crippen molar-refractivity contribution in [2.75, 3.05) is 4.90 Å². The second-order valence-electron chi connectivity index (χ2n) is 14.1. The topological polar surface area (TPSA) is 16.4 Å². The zero-order valence-corrected chi connectivity index (χ0v) is 29.4. The molecule has 0 unspecified atom stereocenters. The van der Waals surface area contributed by atoms with Gasteiger partial charge in [0, 0.05) is 22.1 Å². The summed E-state index contributed by atoms with van der Waals surface area (Å²) in [7, 11) is 0. The van der Waals surface area contributed by atoms with Crippen LogP contribution in [-0.4, -0.2) is 0 Å². The number of benzene rings is 10. The molecule has 0 atom stereocenters. The van der Waals surface area contributed by atoms with E-state index in [1.54, 1.807) is 0 Å². The molecule has 54 heavy (non-hydrogen) atoms. The van der Waals surface area contributed by atoms with Crippen LogP contribution >= 0.6 is 0 Å². The zero-order valence-electron chi connectivity index (χ0n) is 29.4. The lowest BCUT2D eigenvalue weighted by Crippen LogP contribution is -2.10. The summed E-state index contributed by atoms with van der Waals surface area (Å²) in [6, 6.07) is 72.3. The molecule has 2 nitrogen and oxygen atoms in total. The second kappa shape index (κ2) is 12.2. The number of fused-ring (bicyclic) bond motifs is 9. The fraction of sp³-hybridized carbons (Fsp3) is 0. The Morgan fingerprint density at radius 1 is 0.333 bits per heavy atom. The molecular formula is C52H33NO. The van der Waals surface area contributed by atoms with Crippen molar-refractivity contribution in [3.63, 3.8) is 0 Å². The molecule has 0 amide bonds. The molecule has 0 saturated heterocycles. The summed E-state index contributed by atoms with van der Waals surface area (Å²) in [5.41, 5.74) is 9.85. The summed E-state index contributed by atoms with van der Waals surface area (Å²) in [5.74, 6) is 0. The Morgan fingerprint density at radius 2 is 0.852 bits per heavy atom. The van der Waals surface area contributed by atoms with Crippen LogP contribution in [0.25, 0.3) is 87.3 Å². The molecule has 0 spiro atoms. The highest BCUT2D eigenvalue weighted by Crippen LogP contribution is 2.47. The predicted octanol–water partition coefficient (Wildman–Crippen LogP) is 15.0. The largest absolute Gasteiger partial charge is 0.455 e. The molecule has 11 aromatic rings. The minimum absolute atomic E-state index is 0.884. The first-order valence-corrected chi connectivity index (χ1v) is 18.5. The lowest BCUT2D eigenvalue weighted by molar-refractivity contribution is 0.672. The van der Waals surface area contributed by atoms with E-state index in [2.05, 4.69) is 199 Å². The maximum absolute atomic E-state index is 6.67. The molecule has 0 aliphatic rings. The van der Waals surface area contributed by atoms with E-state index in [0.717, 1.165) is 49.8 Å². The van der Waals surface area contributed by atoms with Gasteiger partial charge in [-0.15, -0.1) is 0 Å². The van der Waals surface area contributed by atoms with Gasteiger partial charge in [0.1, 0.15) is 11.2 Å². The standard InChI is InChI=1S/C52H33NO/c1-4-16-41-34(12-1)15-11-22-42(41)35-24-28-39(29-25-35)53(49-33-38-14-3-6-18-44(38)52-51(49)47-21-9-10-23-50(47)54-52)40-30-26-36(27-31-40)48-32-37-13-2-5-17-43(37)45-19-7-8-20-46(45)48/h1-33H. The maximum Gasteiger partial charge on any atom is 0.145 e. The van der Waals surface area contributed by atoms with Gasteiger partial charge in [-0.25, -0.2) is 0 Å². The third-order valence-corrected chi connectivity index (χ3v) is 11.0. The lowest BCUT2D eigenvalue weighted by atomic mass is 9.93. The smallest absolute Gasteiger partial charge is 0.145 e. The number of hydrogen-bond donors (Lipinski definition) is 0. The van der Waals surface area contributed by atoms with Crippen molar-refractivity contribution in [2.24, 2.45) is 0 Å². The SMILES string of the molecule is c1ccc2c(-c3ccc(N(c4ccc(-c5cc6ccccc6c6ccccc56)cc4)c4cc5ccccc5c5oc6ccccc6c45)cc3)cccc2c1. The first-order chi connectivity index (χ1) is 26.8. The third-order valence-electron chi connectivity index (χ3n) is 11.0. The second-order valence-corrected chi connectivity index (χ2v) is 14.1. The van der Waals surface area contributed by atoms with Crippen molar-refractivity contribution >= 4 is 82.1 Å². The van der Waals surface area contributed by atoms with Crippen LogP contribution in [0.5, 0.6) is 0 Å². The van der Waals surface area contributed by atoms with Gasteiger partial charge in [0.2, 0.25) is 0 Å². The molecule has 0 N–H and O–H groups in total. The van der Waals surface area contributed by atoms with Crippen LogP contribution in [0, 0.1) is 0 Å². The molecule has 2 heteroatoms. The molecule has 0 bridgehead atoms. The van der Waals surface area contributed by atoms with Gasteiger partial charge < -0.3 is 9.32 Å². The fourth-order valence-electron chi connectivity index (χ4n) is 8.49. The Balaban J connectivity index is 1.13. The fourth-order valence-corrected chi connectivity index (χ4v) is 8.49. The number of furan rings is 1. The van der Waals surface area contributed by atoms with E-state index in [0.29, 0.717) is 0 Å². The van der Waals surface area contributed by atoms with E-state index >= 15 is 0 Å². The summed E-state index contributed by atoms with van der Waals surface area (Å²) in [5, 5.41) is 12.0. The van der Waals surface area contributed by atoms with Crippen molar-refractivity contribution in [3.8, 4) is 22.3 Å². The summed E-state index contributed by atoms with van der Waals surface area (Å²) in [4.78, 5) is 2.39. The first-order valence-electron chi connectivity index (χ1n) is 18.5. The Bertz CT molecular complexity index is 3200. The highest BCUT2D eigenvalue weighted by Gasteiger charge is 2.22. The molecule has 0 saturated carbocycles. The van der Waals surface area contributed by atoms with E-state index in [9.17, 15) is 0 Å². The van der Waals surface area contributed by atoms with Gasteiger partial charge in [-0.1, -0.05) is 158 Å². The molecule has 0 aliphatic heterocycles. The minimum atomic E-state index is 0.884. The molecule has 0 radical (unpaired) electrons. The van der Waals surface area contributed by atoms with Gasteiger partial charge in [-0.2, -0.15) is 0 Å². The van der Waals surface area contributed by atoms with Gasteiger partial charge in [0.15, 0.2) is 0 Å². The molecule has 11 rings (SSSR count).